The van der Waals surface area contributed by atoms with Gasteiger partial charge in [-0.1, -0.05) is 25.2 Å². The summed E-state index contributed by atoms with van der Waals surface area (Å²) in [5, 5.41) is 9.71. The minimum absolute atomic E-state index is 0.137. The quantitative estimate of drug-likeness (QED) is 0.813. The van der Waals surface area contributed by atoms with Crippen molar-refractivity contribution in [2.45, 2.75) is 40.7 Å². The minimum Gasteiger partial charge on any atom is -0.476 e. The first-order valence-corrected chi connectivity index (χ1v) is 7.07. The molecule has 0 aliphatic carbocycles. The van der Waals surface area contributed by atoms with E-state index in [9.17, 15) is 9.59 Å². The summed E-state index contributed by atoms with van der Waals surface area (Å²) in [6.07, 6.45) is 0. The van der Waals surface area contributed by atoms with E-state index >= 15 is 0 Å². The Morgan fingerprint density at radius 3 is 2.21 bits per heavy atom. The highest BCUT2D eigenvalue weighted by molar-refractivity contribution is 7.17. The normalized spacial score (nSPS) is 11.1. The number of thiazole rings is 1. The lowest BCUT2D eigenvalue weighted by atomic mass is 10.2. The highest BCUT2D eigenvalue weighted by Crippen LogP contribution is 2.29. The lowest BCUT2D eigenvalue weighted by Gasteiger charge is -2.27. The molecule has 0 aromatic carbocycles. The summed E-state index contributed by atoms with van der Waals surface area (Å²) >= 11 is 1.16. The third-order valence-corrected chi connectivity index (χ3v) is 3.76. The first-order valence-electron chi connectivity index (χ1n) is 6.25. The molecule has 0 saturated carbocycles. The van der Waals surface area contributed by atoms with Crippen LogP contribution in [0, 0.1) is 5.92 Å². The minimum atomic E-state index is -1.15. The van der Waals surface area contributed by atoms with E-state index in [1.807, 2.05) is 18.7 Å². The lowest BCUT2D eigenvalue weighted by Crippen LogP contribution is -2.34. The number of carbonyl (C=O) groups is 2. The number of rotatable bonds is 6. The Kier molecular flexibility index (Phi) is 5.05. The van der Waals surface area contributed by atoms with E-state index in [4.69, 9.17) is 5.11 Å². The van der Waals surface area contributed by atoms with Crippen LogP contribution in [0.15, 0.2) is 0 Å². The first kappa shape index (κ1) is 15.6. The standard InChI is InChI=1S/C13H20N2O3S/c1-7(2)6-15(8(3)4)13-14-10(12(17)18)11(19-13)9(5)16/h7-8H,6H2,1-5H3,(H,17,18). The number of hydrogen-bond donors (Lipinski definition) is 1. The molecule has 1 rings (SSSR count). The van der Waals surface area contributed by atoms with Crippen LogP contribution in [0.3, 0.4) is 0 Å². The van der Waals surface area contributed by atoms with Gasteiger partial charge >= 0.3 is 5.97 Å². The Bertz CT molecular complexity index is 449. The highest BCUT2D eigenvalue weighted by atomic mass is 32.1. The van der Waals surface area contributed by atoms with Gasteiger partial charge in [0.15, 0.2) is 16.6 Å². The molecule has 1 heterocycles. The molecular formula is C13H20N2O3S. The largest absolute Gasteiger partial charge is 0.476 e. The predicted octanol–water partition coefficient (Wildman–Crippen LogP) is 2.91. The van der Waals surface area contributed by atoms with Crippen LogP contribution in [0.1, 0.15) is 54.8 Å². The van der Waals surface area contributed by atoms with Crippen LogP contribution in [-0.4, -0.2) is 34.4 Å². The summed E-state index contributed by atoms with van der Waals surface area (Å²) in [5.74, 6) is -0.976. The smallest absolute Gasteiger partial charge is 0.356 e. The van der Waals surface area contributed by atoms with Gasteiger partial charge in [-0.05, 0) is 19.8 Å². The molecule has 106 valence electrons. The molecule has 6 heteroatoms. The average molecular weight is 284 g/mol. The summed E-state index contributed by atoms with van der Waals surface area (Å²) in [6.45, 7) is 10.4. The van der Waals surface area contributed by atoms with E-state index in [-0.39, 0.29) is 22.4 Å². The van der Waals surface area contributed by atoms with Gasteiger partial charge in [0, 0.05) is 19.5 Å². The molecule has 1 aromatic heterocycles. The molecule has 0 aliphatic heterocycles. The number of hydrogen-bond acceptors (Lipinski definition) is 5. The summed E-state index contributed by atoms with van der Waals surface area (Å²) in [4.78, 5) is 29.0. The second-order valence-electron chi connectivity index (χ2n) is 5.18. The number of anilines is 1. The first-order chi connectivity index (χ1) is 8.73. The molecule has 19 heavy (non-hydrogen) atoms. The lowest BCUT2D eigenvalue weighted by molar-refractivity contribution is 0.0687. The van der Waals surface area contributed by atoms with Crippen molar-refractivity contribution in [3.63, 3.8) is 0 Å². The molecule has 1 aromatic rings. The SMILES string of the molecule is CC(=O)c1sc(N(CC(C)C)C(C)C)nc1C(=O)O. The van der Waals surface area contributed by atoms with Crippen molar-refractivity contribution in [3.8, 4) is 0 Å². The Morgan fingerprint density at radius 1 is 1.32 bits per heavy atom. The number of carbonyl (C=O) groups excluding carboxylic acids is 1. The van der Waals surface area contributed by atoms with Gasteiger partial charge in [0.05, 0.1) is 0 Å². The molecule has 0 amide bonds. The fourth-order valence-electron chi connectivity index (χ4n) is 1.72. The Morgan fingerprint density at radius 2 is 1.89 bits per heavy atom. The summed E-state index contributed by atoms with van der Waals surface area (Å²) < 4.78 is 0. The topological polar surface area (TPSA) is 70.5 Å². The second kappa shape index (κ2) is 6.14. The van der Waals surface area contributed by atoms with Crippen LogP contribution in [0.4, 0.5) is 5.13 Å². The van der Waals surface area contributed by atoms with Gasteiger partial charge in [-0.25, -0.2) is 9.78 Å². The maximum Gasteiger partial charge on any atom is 0.356 e. The zero-order chi connectivity index (χ0) is 14.7. The van der Waals surface area contributed by atoms with Crippen LogP contribution < -0.4 is 4.90 Å². The van der Waals surface area contributed by atoms with Crippen molar-refractivity contribution < 1.29 is 14.7 Å². The zero-order valence-corrected chi connectivity index (χ0v) is 12.7. The summed E-state index contributed by atoms with van der Waals surface area (Å²) in [5.41, 5.74) is -0.137. The van der Waals surface area contributed by atoms with Crippen molar-refractivity contribution in [1.82, 2.24) is 4.98 Å². The molecule has 0 atom stereocenters. The number of carboxylic acids is 1. The van der Waals surface area contributed by atoms with Gasteiger partial charge in [0.1, 0.15) is 4.88 Å². The summed E-state index contributed by atoms with van der Waals surface area (Å²) in [6, 6.07) is 0.204. The molecule has 5 nitrogen and oxygen atoms in total. The van der Waals surface area contributed by atoms with Gasteiger partial charge in [-0.15, -0.1) is 0 Å². The van der Waals surface area contributed by atoms with E-state index < -0.39 is 5.97 Å². The number of aromatic nitrogens is 1. The van der Waals surface area contributed by atoms with Crippen molar-refractivity contribution in [3.05, 3.63) is 10.6 Å². The zero-order valence-electron chi connectivity index (χ0n) is 11.9. The Hall–Kier alpha value is -1.43. The van der Waals surface area contributed by atoms with Crippen molar-refractivity contribution in [2.24, 2.45) is 5.92 Å². The number of Topliss-reactive ketones (excluding diaryl/α,β-unsaturated/α-hetero) is 1. The Balaban J connectivity index is 3.21. The number of ketones is 1. The Labute approximate surface area is 117 Å². The molecule has 0 unspecified atom stereocenters. The van der Waals surface area contributed by atoms with Crippen molar-refractivity contribution in [1.29, 1.82) is 0 Å². The monoisotopic (exact) mass is 284 g/mol. The van der Waals surface area contributed by atoms with Gasteiger partial charge in [0.25, 0.3) is 0 Å². The molecule has 0 aliphatic rings. The van der Waals surface area contributed by atoms with E-state index in [0.717, 1.165) is 17.9 Å². The fourth-order valence-corrected chi connectivity index (χ4v) is 2.81. The summed E-state index contributed by atoms with van der Waals surface area (Å²) in [7, 11) is 0. The molecular weight excluding hydrogens is 264 g/mol. The molecule has 0 bridgehead atoms. The van der Waals surface area contributed by atoms with Crippen LogP contribution in [-0.2, 0) is 0 Å². The number of nitrogens with zero attached hydrogens (tertiary/aromatic N) is 2. The van der Waals surface area contributed by atoms with Crippen molar-refractivity contribution >= 4 is 28.2 Å². The molecule has 0 spiro atoms. The maximum atomic E-state index is 11.5. The second-order valence-corrected chi connectivity index (χ2v) is 6.15. The third-order valence-electron chi connectivity index (χ3n) is 2.57. The van der Waals surface area contributed by atoms with Crippen molar-refractivity contribution in [2.75, 3.05) is 11.4 Å². The average Bonchev–Trinajstić information content (AvgIpc) is 2.69. The van der Waals surface area contributed by atoms with Gasteiger partial charge in [-0.2, -0.15) is 0 Å². The molecule has 0 saturated heterocycles. The van der Waals surface area contributed by atoms with E-state index in [0.29, 0.717) is 11.0 Å². The van der Waals surface area contributed by atoms with E-state index in [2.05, 4.69) is 18.8 Å². The van der Waals surface area contributed by atoms with Crippen LogP contribution >= 0.6 is 11.3 Å². The number of carboxylic acid groups (broad SMARTS) is 1. The molecule has 1 N–H and O–H groups in total. The predicted molar refractivity (Wildman–Crippen MR) is 76.4 cm³/mol. The fraction of sp³-hybridized carbons (Fsp3) is 0.615. The van der Waals surface area contributed by atoms with Crippen LogP contribution in [0.5, 0.6) is 0 Å². The van der Waals surface area contributed by atoms with E-state index in [1.165, 1.54) is 6.92 Å². The number of aromatic carboxylic acids is 1. The maximum absolute atomic E-state index is 11.5. The van der Waals surface area contributed by atoms with Crippen LogP contribution in [0.2, 0.25) is 0 Å². The molecule has 0 radical (unpaired) electrons. The van der Waals surface area contributed by atoms with Gasteiger partial charge in [-0.3, -0.25) is 4.79 Å². The van der Waals surface area contributed by atoms with Gasteiger partial charge in [0.2, 0.25) is 0 Å². The van der Waals surface area contributed by atoms with Gasteiger partial charge < -0.3 is 10.0 Å². The molecule has 0 fully saturated rings. The highest BCUT2D eigenvalue weighted by Gasteiger charge is 2.24. The van der Waals surface area contributed by atoms with Crippen LogP contribution in [0.25, 0.3) is 0 Å². The van der Waals surface area contributed by atoms with E-state index in [1.54, 1.807) is 0 Å². The third kappa shape index (κ3) is 3.76.